The molecule has 0 N–H and O–H groups in total. The van der Waals surface area contributed by atoms with Gasteiger partial charge in [0.1, 0.15) is 0 Å². The van der Waals surface area contributed by atoms with Crippen LogP contribution in [0.5, 0.6) is 0 Å². The van der Waals surface area contributed by atoms with Gasteiger partial charge in [0.15, 0.2) is 0 Å². The Morgan fingerprint density at radius 2 is 1.49 bits per heavy atom. The van der Waals surface area contributed by atoms with E-state index in [0.29, 0.717) is 50.9 Å². The average Bonchev–Trinajstić information content (AvgIpc) is 2.75. The summed E-state index contributed by atoms with van der Waals surface area (Å²) in [4.78, 5) is 2.12. The summed E-state index contributed by atoms with van der Waals surface area (Å²) >= 11 is 0. The molecule has 0 heterocycles. The fourth-order valence-corrected chi connectivity index (χ4v) is 5.04. The number of hydrogen-bond acceptors (Lipinski definition) is 2. The van der Waals surface area contributed by atoms with Gasteiger partial charge in [-0.1, -0.05) is 42.8 Å². The van der Waals surface area contributed by atoms with Crippen molar-refractivity contribution in [3.05, 3.63) is 70.8 Å². The SMILES string of the molecule is CC(C)N(CCCC(C#N)(c1c(C(F)(F)F)cccc1C(F)(F)F)C1CCC1)Cc1ccccc1. The zero-order chi connectivity index (χ0) is 25.9. The Hall–Kier alpha value is -2.53. The summed E-state index contributed by atoms with van der Waals surface area (Å²) < 4.78 is 83.9. The summed E-state index contributed by atoms with van der Waals surface area (Å²) in [7, 11) is 0. The molecule has 190 valence electrons. The van der Waals surface area contributed by atoms with Crippen molar-refractivity contribution in [2.75, 3.05) is 6.54 Å². The molecule has 0 radical (unpaired) electrons. The first-order valence-corrected chi connectivity index (χ1v) is 11.9. The maximum Gasteiger partial charge on any atom is 0.416 e. The molecule has 1 atom stereocenters. The topological polar surface area (TPSA) is 27.0 Å². The third-order valence-corrected chi connectivity index (χ3v) is 7.10. The van der Waals surface area contributed by atoms with Gasteiger partial charge in [0.25, 0.3) is 0 Å². The van der Waals surface area contributed by atoms with Crippen molar-refractivity contribution >= 4 is 0 Å². The van der Waals surface area contributed by atoms with Gasteiger partial charge in [0.2, 0.25) is 0 Å². The number of nitriles is 1. The zero-order valence-electron chi connectivity index (χ0n) is 19.9. The number of halogens is 6. The molecule has 0 aliphatic heterocycles. The molecule has 2 nitrogen and oxygen atoms in total. The van der Waals surface area contributed by atoms with Crippen LogP contribution in [-0.2, 0) is 24.3 Å². The second kappa shape index (κ2) is 10.6. The quantitative estimate of drug-likeness (QED) is 0.329. The summed E-state index contributed by atoms with van der Waals surface area (Å²) in [5, 5.41) is 10.3. The Kier molecular flexibility index (Phi) is 8.21. The van der Waals surface area contributed by atoms with Crippen molar-refractivity contribution < 1.29 is 26.3 Å². The monoisotopic (exact) mass is 496 g/mol. The van der Waals surface area contributed by atoms with Crippen LogP contribution in [0.3, 0.4) is 0 Å². The molecule has 2 aromatic carbocycles. The first kappa shape index (κ1) is 27.1. The van der Waals surface area contributed by atoms with E-state index in [1.54, 1.807) is 0 Å². The third-order valence-electron chi connectivity index (χ3n) is 7.10. The Bertz CT molecular complexity index is 986. The minimum Gasteiger partial charge on any atom is -0.297 e. The third kappa shape index (κ3) is 6.00. The van der Waals surface area contributed by atoms with E-state index >= 15 is 0 Å². The van der Waals surface area contributed by atoms with E-state index in [2.05, 4.69) is 4.90 Å². The van der Waals surface area contributed by atoms with Crippen molar-refractivity contribution in [1.82, 2.24) is 4.90 Å². The molecule has 0 bridgehead atoms. The molecule has 0 aromatic heterocycles. The number of benzene rings is 2. The Morgan fingerprint density at radius 3 is 1.91 bits per heavy atom. The van der Waals surface area contributed by atoms with Crippen molar-refractivity contribution in [2.45, 2.75) is 76.3 Å². The minimum atomic E-state index is -5.00. The molecule has 35 heavy (non-hydrogen) atoms. The number of hydrogen-bond donors (Lipinski definition) is 0. The second-order valence-corrected chi connectivity index (χ2v) is 9.59. The van der Waals surface area contributed by atoms with E-state index in [4.69, 9.17) is 0 Å². The predicted molar refractivity (Wildman–Crippen MR) is 122 cm³/mol. The lowest BCUT2D eigenvalue weighted by atomic mass is 9.59. The minimum absolute atomic E-state index is 0.0671. The lowest BCUT2D eigenvalue weighted by molar-refractivity contribution is -0.145. The highest BCUT2D eigenvalue weighted by Gasteiger charge is 2.52. The van der Waals surface area contributed by atoms with Crippen molar-refractivity contribution in [3.63, 3.8) is 0 Å². The summed E-state index contributed by atoms with van der Waals surface area (Å²) in [5.41, 5.74) is -4.40. The predicted octanol–water partition coefficient (Wildman–Crippen LogP) is 7.98. The van der Waals surface area contributed by atoms with Crippen LogP contribution < -0.4 is 0 Å². The highest BCUT2D eigenvalue weighted by atomic mass is 19.4. The Balaban J connectivity index is 1.99. The molecule has 1 aliphatic carbocycles. The highest BCUT2D eigenvalue weighted by Crippen LogP contribution is 2.53. The first-order valence-electron chi connectivity index (χ1n) is 11.9. The van der Waals surface area contributed by atoms with Gasteiger partial charge in [-0.2, -0.15) is 31.6 Å². The zero-order valence-corrected chi connectivity index (χ0v) is 19.9. The molecule has 1 fully saturated rings. The second-order valence-electron chi connectivity index (χ2n) is 9.59. The summed E-state index contributed by atoms with van der Waals surface area (Å²) in [6.07, 6.45) is -8.19. The molecule has 3 rings (SSSR count). The molecule has 1 saturated carbocycles. The van der Waals surface area contributed by atoms with Crippen LogP contribution in [0.15, 0.2) is 48.5 Å². The van der Waals surface area contributed by atoms with E-state index in [9.17, 15) is 31.6 Å². The fourth-order valence-electron chi connectivity index (χ4n) is 5.04. The maximum atomic E-state index is 14.0. The molecule has 0 spiro atoms. The maximum absolute atomic E-state index is 14.0. The summed E-state index contributed by atoms with van der Waals surface area (Å²) in [6.45, 7) is 5.05. The highest BCUT2D eigenvalue weighted by molar-refractivity contribution is 5.49. The van der Waals surface area contributed by atoms with Crippen LogP contribution in [0.1, 0.15) is 68.2 Å². The van der Waals surface area contributed by atoms with Crippen LogP contribution in [0, 0.1) is 17.2 Å². The van der Waals surface area contributed by atoms with Gasteiger partial charge in [-0.05, 0) is 75.3 Å². The van der Waals surface area contributed by atoms with Gasteiger partial charge in [-0.15, -0.1) is 0 Å². The number of alkyl halides is 6. The molecule has 2 aromatic rings. The average molecular weight is 497 g/mol. The Labute approximate surface area is 202 Å². The molecule has 0 amide bonds. The van der Waals surface area contributed by atoms with Crippen LogP contribution in [0.4, 0.5) is 26.3 Å². The van der Waals surface area contributed by atoms with Crippen LogP contribution in [0.2, 0.25) is 0 Å². The van der Waals surface area contributed by atoms with Crippen molar-refractivity contribution in [3.8, 4) is 6.07 Å². The standard InChI is InChI=1S/C27H30F6N2/c1-19(2)35(17-20-9-4-3-5-10-20)16-8-15-25(18-34,21-11-6-12-21)24-22(26(28,29)30)13-7-14-23(24)27(31,32)33/h3-5,7,9-10,13-14,19,21H,6,8,11-12,15-17H2,1-2H3. The summed E-state index contributed by atoms with van der Waals surface area (Å²) in [5.74, 6) is -0.543. The summed E-state index contributed by atoms with van der Waals surface area (Å²) in [6, 6.07) is 13.9. The van der Waals surface area contributed by atoms with Gasteiger partial charge in [-0.3, -0.25) is 4.90 Å². The molecular weight excluding hydrogens is 466 g/mol. The lowest BCUT2D eigenvalue weighted by Crippen LogP contribution is -2.42. The largest absolute Gasteiger partial charge is 0.416 e. The van der Waals surface area contributed by atoms with E-state index < -0.39 is 40.4 Å². The van der Waals surface area contributed by atoms with E-state index in [1.165, 1.54) is 0 Å². The van der Waals surface area contributed by atoms with Gasteiger partial charge in [0, 0.05) is 12.6 Å². The van der Waals surface area contributed by atoms with Gasteiger partial charge < -0.3 is 0 Å². The van der Waals surface area contributed by atoms with Crippen molar-refractivity contribution in [1.29, 1.82) is 5.26 Å². The fraction of sp³-hybridized carbons (Fsp3) is 0.519. The normalized spacial score (nSPS) is 16.7. The van der Waals surface area contributed by atoms with E-state index in [1.807, 2.05) is 50.2 Å². The van der Waals surface area contributed by atoms with E-state index in [0.717, 1.165) is 11.6 Å². The Morgan fingerprint density at radius 1 is 0.914 bits per heavy atom. The van der Waals surface area contributed by atoms with Gasteiger partial charge in [0.05, 0.1) is 22.6 Å². The van der Waals surface area contributed by atoms with Crippen LogP contribution >= 0.6 is 0 Å². The molecule has 0 saturated heterocycles. The molecule has 8 heteroatoms. The first-order chi connectivity index (χ1) is 16.4. The smallest absolute Gasteiger partial charge is 0.297 e. The number of nitrogens with zero attached hydrogens (tertiary/aromatic N) is 2. The molecule has 1 aliphatic rings. The van der Waals surface area contributed by atoms with Crippen LogP contribution in [-0.4, -0.2) is 17.5 Å². The van der Waals surface area contributed by atoms with Crippen molar-refractivity contribution in [2.24, 2.45) is 5.92 Å². The number of rotatable bonds is 9. The van der Waals surface area contributed by atoms with Gasteiger partial charge >= 0.3 is 12.4 Å². The molecule has 1 unspecified atom stereocenters. The molecular formula is C27H30F6N2. The van der Waals surface area contributed by atoms with Crippen LogP contribution in [0.25, 0.3) is 0 Å². The van der Waals surface area contributed by atoms with Gasteiger partial charge in [-0.25, -0.2) is 0 Å². The van der Waals surface area contributed by atoms with E-state index in [-0.39, 0.29) is 12.5 Å². The lowest BCUT2D eigenvalue weighted by Gasteiger charge is -2.43.